The van der Waals surface area contributed by atoms with Gasteiger partial charge in [0.15, 0.2) is 18.2 Å². The van der Waals surface area contributed by atoms with Gasteiger partial charge in [-0.3, -0.25) is 4.79 Å². The summed E-state index contributed by atoms with van der Waals surface area (Å²) in [5, 5.41) is 0.506. The van der Waals surface area contributed by atoms with E-state index in [0.717, 1.165) is 32.5 Å². The number of rotatable bonds is 11. The molecule has 0 atom stereocenters. The van der Waals surface area contributed by atoms with Gasteiger partial charge in [0.1, 0.15) is 23.3 Å². The Hall–Kier alpha value is -4.04. The highest BCUT2D eigenvalue weighted by Gasteiger charge is 2.47. The Labute approximate surface area is 293 Å². The minimum Gasteiger partial charge on any atom is -0.481 e. The van der Waals surface area contributed by atoms with Crippen molar-refractivity contribution in [2.45, 2.75) is 56.7 Å². The number of ether oxygens (including phenoxy) is 3. The van der Waals surface area contributed by atoms with Crippen molar-refractivity contribution in [3.05, 3.63) is 54.1 Å². The van der Waals surface area contributed by atoms with Gasteiger partial charge in [-0.15, -0.1) is 0 Å². The lowest BCUT2D eigenvalue weighted by Gasteiger charge is -2.54. The first-order chi connectivity index (χ1) is 24.4. The molecule has 0 bridgehead atoms. The number of halogens is 5. The van der Waals surface area contributed by atoms with Crippen molar-refractivity contribution < 1.29 is 41.0 Å². The summed E-state index contributed by atoms with van der Waals surface area (Å²) >= 11 is 0. The van der Waals surface area contributed by atoms with Crippen LogP contribution in [0.4, 0.5) is 27.8 Å². The smallest absolute Gasteiger partial charge is 0.422 e. The topological polar surface area (TPSA) is 80.3 Å². The van der Waals surface area contributed by atoms with E-state index in [-0.39, 0.29) is 45.8 Å². The molecule has 3 aromatic rings. The van der Waals surface area contributed by atoms with Gasteiger partial charge in [0.05, 0.1) is 6.61 Å². The van der Waals surface area contributed by atoms with Gasteiger partial charge in [-0.1, -0.05) is 24.8 Å². The van der Waals surface area contributed by atoms with Crippen molar-refractivity contribution >= 4 is 22.6 Å². The van der Waals surface area contributed by atoms with Gasteiger partial charge in [-0.05, 0) is 62.1 Å². The number of piperidine rings is 2. The summed E-state index contributed by atoms with van der Waals surface area (Å²) in [6.45, 7) is 6.45. The lowest BCUT2D eigenvalue weighted by Crippen LogP contribution is -2.62. The van der Waals surface area contributed by atoms with Crippen LogP contribution in [0.5, 0.6) is 11.8 Å². The predicted molar refractivity (Wildman–Crippen MR) is 181 cm³/mol. The molecule has 14 heteroatoms. The number of anilines is 1. The molecule has 1 aromatic heterocycles. The average Bonchev–Trinajstić information content (AvgIpc) is 3.94. The zero-order valence-electron chi connectivity index (χ0n) is 28.6. The molecule has 0 N–H and O–H groups in total. The number of benzene rings is 2. The maximum Gasteiger partial charge on any atom is 0.422 e. The van der Waals surface area contributed by atoms with Crippen LogP contribution in [0, 0.1) is 11.2 Å². The molecule has 3 saturated heterocycles. The Morgan fingerprint density at radius 2 is 1.75 bits per heavy atom. The molecular weight excluding hydrogens is 673 g/mol. The summed E-state index contributed by atoms with van der Waals surface area (Å²) in [7, 11) is 1.66. The molecule has 274 valence electrons. The normalized spacial score (nSPS) is 19.7. The summed E-state index contributed by atoms with van der Waals surface area (Å²) in [5.41, 5.74) is 1.06. The second kappa shape index (κ2) is 14.2. The van der Waals surface area contributed by atoms with Crippen molar-refractivity contribution in [2.24, 2.45) is 5.41 Å². The highest BCUT2D eigenvalue weighted by molar-refractivity contribution is 6.00. The third-order valence-corrected chi connectivity index (χ3v) is 10.6. The van der Waals surface area contributed by atoms with E-state index in [9.17, 15) is 22.4 Å². The number of hydrogen-bond acceptors (Lipinski definition) is 8. The number of methoxy groups -OCH3 is 1. The van der Waals surface area contributed by atoms with E-state index in [1.807, 2.05) is 6.07 Å². The van der Waals surface area contributed by atoms with Crippen LogP contribution in [0.3, 0.4) is 0 Å². The Balaban J connectivity index is 1.29. The molecule has 1 aliphatic carbocycles. The highest BCUT2D eigenvalue weighted by atomic mass is 19.4. The molecule has 9 nitrogen and oxygen atoms in total. The number of hydrogen-bond donors (Lipinski definition) is 0. The van der Waals surface area contributed by atoms with Gasteiger partial charge < -0.3 is 28.9 Å². The van der Waals surface area contributed by atoms with E-state index in [1.165, 1.54) is 17.0 Å². The summed E-state index contributed by atoms with van der Waals surface area (Å²) in [4.78, 5) is 27.6. The van der Waals surface area contributed by atoms with E-state index in [1.54, 1.807) is 19.2 Å². The molecule has 1 spiro atoms. The molecule has 3 aliphatic heterocycles. The molecule has 0 unspecified atom stereocenters. The second-order valence-electron chi connectivity index (χ2n) is 14.3. The van der Waals surface area contributed by atoms with Crippen molar-refractivity contribution in [3.63, 3.8) is 0 Å². The van der Waals surface area contributed by atoms with Crippen LogP contribution < -0.4 is 14.4 Å². The minimum atomic E-state index is -4.66. The van der Waals surface area contributed by atoms with Gasteiger partial charge >= 0.3 is 12.2 Å². The zero-order chi connectivity index (χ0) is 35.9. The molecule has 7 rings (SSSR count). The number of alkyl halides is 3. The Morgan fingerprint density at radius 3 is 2.37 bits per heavy atom. The molecular formula is C37H42F5N5O4. The van der Waals surface area contributed by atoms with E-state index in [2.05, 4.69) is 16.4 Å². The van der Waals surface area contributed by atoms with E-state index in [0.29, 0.717) is 75.2 Å². The van der Waals surface area contributed by atoms with Crippen LogP contribution in [0.25, 0.3) is 22.0 Å². The van der Waals surface area contributed by atoms with E-state index >= 15 is 4.39 Å². The van der Waals surface area contributed by atoms with Crippen LogP contribution in [-0.2, 0) is 9.53 Å². The third kappa shape index (κ3) is 7.62. The summed E-state index contributed by atoms with van der Waals surface area (Å²) in [6.07, 6.45) is -0.489. The fourth-order valence-corrected chi connectivity index (χ4v) is 7.68. The summed E-state index contributed by atoms with van der Waals surface area (Å²) in [5.74, 6) is -1.88. The second-order valence-corrected chi connectivity index (χ2v) is 14.3. The Kier molecular flexibility index (Phi) is 9.83. The fraction of sp³-hybridized carbons (Fsp3) is 0.541. The first kappa shape index (κ1) is 35.4. The molecule has 4 heterocycles. The Bertz CT molecular complexity index is 1780. The SMILES string of the molecule is C=C(F)C(=O)N1CC2(CCN(c3nc(OC4CCN(CCOC)CC4)nc4c(OCC(F)(F)F)c(-c5ccccc5F)c(C5CC5)cc34)CC2)C1. The number of carbonyl (C=O) groups excluding carboxylic acids is 1. The fourth-order valence-electron chi connectivity index (χ4n) is 7.68. The molecule has 4 aliphatic rings. The molecule has 1 amide bonds. The van der Waals surface area contributed by atoms with Crippen molar-refractivity contribution in [3.8, 4) is 22.9 Å². The molecule has 2 aromatic carbocycles. The lowest BCUT2D eigenvalue weighted by atomic mass is 9.72. The summed E-state index contributed by atoms with van der Waals surface area (Å²) < 4.78 is 87.7. The van der Waals surface area contributed by atoms with Gasteiger partial charge in [0.2, 0.25) is 0 Å². The number of nitrogens with zero attached hydrogens (tertiary/aromatic N) is 5. The first-order valence-electron chi connectivity index (χ1n) is 17.5. The third-order valence-electron chi connectivity index (χ3n) is 10.6. The number of carbonyl (C=O) groups is 1. The number of likely N-dealkylation sites (tertiary alicyclic amines) is 2. The average molecular weight is 716 g/mol. The maximum absolute atomic E-state index is 15.5. The van der Waals surface area contributed by atoms with E-state index < -0.39 is 30.3 Å². The van der Waals surface area contributed by atoms with Gasteiger partial charge in [-0.2, -0.15) is 23.1 Å². The van der Waals surface area contributed by atoms with E-state index in [4.69, 9.17) is 24.2 Å². The lowest BCUT2D eigenvalue weighted by molar-refractivity contribution is -0.153. The number of fused-ring (bicyclic) bond motifs is 1. The number of aromatic nitrogens is 2. The van der Waals surface area contributed by atoms with Crippen molar-refractivity contribution in [1.82, 2.24) is 19.8 Å². The first-order valence-corrected chi connectivity index (χ1v) is 17.5. The van der Waals surface area contributed by atoms with Crippen molar-refractivity contribution in [2.75, 3.05) is 71.0 Å². The minimum absolute atomic E-state index is 0.0117. The molecule has 4 fully saturated rings. The van der Waals surface area contributed by atoms with Gasteiger partial charge in [0, 0.05) is 74.9 Å². The molecule has 1 saturated carbocycles. The monoisotopic (exact) mass is 715 g/mol. The van der Waals surface area contributed by atoms with Crippen LogP contribution in [0.2, 0.25) is 0 Å². The predicted octanol–water partition coefficient (Wildman–Crippen LogP) is 6.66. The standard InChI is InChI=1S/C37H42F5N5O4/c1-23(38)34(48)47-20-36(21-47)11-15-46(16-12-36)33-28-19-27(24-7-8-24)30(26-5-3-4-6-29(26)39)32(50-22-37(40,41)42)31(28)43-35(44-33)51-25-9-13-45(14-10-25)17-18-49-2/h3-6,19,24-25H,1,7-18,20-22H2,2H3. The summed E-state index contributed by atoms with van der Waals surface area (Å²) in [6, 6.07) is 7.93. The highest BCUT2D eigenvalue weighted by Crippen LogP contribution is 2.52. The van der Waals surface area contributed by atoms with Gasteiger partial charge in [-0.25, -0.2) is 8.78 Å². The molecule has 0 radical (unpaired) electrons. The maximum atomic E-state index is 15.5. The van der Waals surface area contributed by atoms with Crippen LogP contribution >= 0.6 is 0 Å². The van der Waals surface area contributed by atoms with Crippen LogP contribution in [0.1, 0.15) is 50.0 Å². The zero-order valence-corrected chi connectivity index (χ0v) is 28.6. The quantitative estimate of drug-likeness (QED) is 0.161. The van der Waals surface area contributed by atoms with Crippen molar-refractivity contribution in [1.29, 1.82) is 0 Å². The van der Waals surface area contributed by atoms with Crippen LogP contribution in [0.15, 0.2) is 42.7 Å². The Morgan fingerprint density at radius 1 is 1.04 bits per heavy atom. The van der Waals surface area contributed by atoms with Crippen LogP contribution in [-0.4, -0.2) is 104 Å². The molecule has 51 heavy (non-hydrogen) atoms. The number of amides is 1. The van der Waals surface area contributed by atoms with Gasteiger partial charge in [0.25, 0.3) is 5.91 Å². The largest absolute Gasteiger partial charge is 0.481 e.